The van der Waals surface area contributed by atoms with E-state index >= 15 is 0 Å². The van der Waals surface area contributed by atoms with E-state index in [0.29, 0.717) is 0 Å². The zero-order chi connectivity index (χ0) is 13.4. The Hall–Kier alpha value is -2.10. The van der Waals surface area contributed by atoms with Crippen molar-refractivity contribution in [3.8, 4) is 0 Å². The maximum absolute atomic E-state index is 11.3. The Morgan fingerprint density at radius 1 is 1.28 bits per heavy atom. The molecule has 0 aromatic heterocycles. The molecule has 18 heavy (non-hydrogen) atoms. The molecule has 0 saturated heterocycles. The highest BCUT2D eigenvalue weighted by Crippen LogP contribution is 2.00. The SMILES string of the molecule is CC(C)NC(=O)COC(=O)C=Cc1ccccc1. The summed E-state index contributed by atoms with van der Waals surface area (Å²) in [7, 11) is 0. The largest absolute Gasteiger partial charge is 0.452 e. The van der Waals surface area contributed by atoms with Crippen LogP contribution in [0.15, 0.2) is 36.4 Å². The fourth-order valence-corrected chi connectivity index (χ4v) is 1.28. The molecule has 1 N–H and O–H groups in total. The monoisotopic (exact) mass is 247 g/mol. The van der Waals surface area contributed by atoms with Gasteiger partial charge >= 0.3 is 5.97 Å². The number of benzene rings is 1. The van der Waals surface area contributed by atoms with Crippen LogP contribution in [0.3, 0.4) is 0 Å². The molecule has 0 fully saturated rings. The summed E-state index contributed by atoms with van der Waals surface area (Å²) in [6.45, 7) is 3.43. The second-order valence-electron chi connectivity index (χ2n) is 4.07. The Balaban J connectivity index is 2.34. The van der Waals surface area contributed by atoms with E-state index in [4.69, 9.17) is 4.74 Å². The van der Waals surface area contributed by atoms with Crippen molar-refractivity contribution in [2.45, 2.75) is 19.9 Å². The number of hydrogen-bond donors (Lipinski definition) is 1. The zero-order valence-corrected chi connectivity index (χ0v) is 10.6. The molecular formula is C14H17NO3. The van der Waals surface area contributed by atoms with Crippen molar-refractivity contribution in [1.82, 2.24) is 5.32 Å². The van der Waals surface area contributed by atoms with Crippen LogP contribution >= 0.6 is 0 Å². The van der Waals surface area contributed by atoms with Gasteiger partial charge in [0.05, 0.1) is 0 Å². The number of nitrogens with one attached hydrogen (secondary N) is 1. The predicted octanol–water partition coefficient (Wildman–Crippen LogP) is 1.77. The van der Waals surface area contributed by atoms with Gasteiger partial charge in [0, 0.05) is 12.1 Å². The molecule has 0 heterocycles. The van der Waals surface area contributed by atoms with Crippen LogP contribution in [0.2, 0.25) is 0 Å². The minimum atomic E-state index is -0.530. The molecule has 0 atom stereocenters. The van der Waals surface area contributed by atoms with Gasteiger partial charge in [-0.05, 0) is 25.5 Å². The molecule has 0 aliphatic heterocycles. The first kappa shape index (κ1) is 14.0. The van der Waals surface area contributed by atoms with E-state index in [2.05, 4.69) is 5.32 Å². The van der Waals surface area contributed by atoms with Crippen molar-refractivity contribution in [2.75, 3.05) is 6.61 Å². The fourth-order valence-electron chi connectivity index (χ4n) is 1.28. The second kappa shape index (κ2) is 7.27. The lowest BCUT2D eigenvalue weighted by atomic mass is 10.2. The molecule has 1 amide bonds. The smallest absolute Gasteiger partial charge is 0.331 e. The second-order valence-corrected chi connectivity index (χ2v) is 4.07. The molecule has 1 rings (SSSR count). The van der Waals surface area contributed by atoms with Crippen molar-refractivity contribution in [3.63, 3.8) is 0 Å². The minimum Gasteiger partial charge on any atom is -0.452 e. The Morgan fingerprint density at radius 2 is 1.94 bits per heavy atom. The average molecular weight is 247 g/mol. The van der Waals surface area contributed by atoms with Crippen LogP contribution in [0.1, 0.15) is 19.4 Å². The topological polar surface area (TPSA) is 55.4 Å². The van der Waals surface area contributed by atoms with Gasteiger partial charge in [-0.2, -0.15) is 0 Å². The lowest BCUT2D eigenvalue weighted by Gasteiger charge is -2.07. The van der Waals surface area contributed by atoms with E-state index in [-0.39, 0.29) is 18.6 Å². The maximum Gasteiger partial charge on any atom is 0.331 e. The first-order valence-electron chi connectivity index (χ1n) is 5.77. The van der Waals surface area contributed by atoms with Crippen LogP contribution in [0.4, 0.5) is 0 Å². The number of rotatable bonds is 5. The van der Waals surface area contributed by atoms with Gasteiger partial charge in [0.2, 0.25) is 0 Å². The molecule has 0 spiro atoms. The Bertz CT molecular complexity index is 424. The molecule has 0 unspecified atom stereocenters. The van der Waals surface area contributed by atoms with E-state index in [1.54, 1.807) is 6.08 Å². The van der Waals surface area contributed by atoms with Gasteiger partial charge in [-0.15, -0.1) is 0 Å². The molecule has 0 aliphatic carbocycles. The summed E-state index contributed by atoms with van der Waals surface area (Å²) < 4.78 is 4.79. The van der Waals surface area contributed by atoms with Crippen LogP contribution in [0.5, 0.6) is 0 Å². The third kappa shape index (κ3) is 5.84. The highest BCUT2D eigenvalue weighted by molar-refractivity contribution is 5.89. The number of carbonyl (C=O) groups is 2. The van der Waals surface area contributed by atoms with Gasteiger partial charge in [-0.3, -0.25) is 4.79 Å². The lowest BCUT2D eigenvalue weighted by molar-refractivity contribution is -0.143. The lowest BCUT2D eigenvalue weighted by Crippen LogP contribution is -2.33. The molecular weight excluding hydrogens is 230 g/mol. The van der Waals surface area contributed by atoms with Gasteiger partial charge in [-0.25, -0.2) is 4.79 Å². The number of ether oxygens (including phenoxy) is 1. The highest BCUT2D eigenvalue weighted by Gasteiger charge is 2.05. The summed E-state index contributed by atoms with van der Waals surface area (Å²) in [5.41, 5.74) is 0.904. The third-order valence-electron chi connectivity index (χ3n) is 2.01. The average Bonchev–Trinajstić information content (AvgIpc) is 2.34. The Labute approximate surface area is 107 Å². The van der Waals surface area contributed by atoms with Crippen LogP contribution in [0, 0.1) is 0 Å². The van der Waals surface area contributed by atoms with Gasteiger partial charge in [0.1, 0.15) is 0 Å². The van der Waals surface area contributed by atoms with Crippen molar-refractivity contribution < 1.29 is 14.3 Å². The molecule has 0 saturated carbocycles. The normalized spacial score (nSPS) is 10.6. The van der Waals surface area contributed by atoms with Crippen molar-refractivity contribution in [1.29, 1.82) is 0 Å². The van der Waals surface area contributed by atoms with E-state index in [1.165, 1.54) is 6.08 Å². The Morgan fingerprint density at radius 3 is 2.56 bits per heavy atom. The van der Waals surface area contributed by atoms with Crippen LogP contribution < -0.4 is 5.32 Å². The van der Waals surface area contributed by atoms with E-state index < -0.39 is 5.97 Å². The standard InChI is InChI=1S/C14H17NO3/c1-11(2)15-13(16)10-18-14(17)9-8-12-6-4-3-5-7-12/h3-9,11H,10H2,1-2H3,(H,15,16). The first-order valence-corrected chi connectivity index (χ1v) is 5.77. The fraction of sp³-hybridized carbons (Fsp3) is 0.286. The highest BCUT2D eigenvalue weighted by atomic mass is 16.5. The molecule has 1 aromatic rings. The van der Waals surface area contributed by atoms with Crippen molar-refractivity contribution in [2.24, 2.45) is 0 Å². The van der Waals surface area contributed by atoms with Crippen molar-refractivity contribution in [3.05, 3.63) is 42.0 Å². The minimum absolute atomic E-state index is 0.0380. The quantitative estimate of drug-likeness (QED) is 0.637. The number of amides is 1. The van der Waals surface area contributed by atoms with E-state index in [9.17, 15) is 9.59 Å². The zero-order valence-electron chi connectivity index (χ0n) is 10.6. The Kier molecular flexibility index (Phi) is 5.64. The summed E-state index contributed by atoms with van der Waals surface area (Å²) in [5.74, 6) is -0.829. The van der Waals surface area contributed by atoms with Crippen LogP contribution in [-0.4, -0.2) is 24.5 Å². The molecule has 0 bridgehead atoms. The summed E-state index contributed by atoms with van der Waals surface area (Å²) in [4.78, 5) is 22.5. The van der Waals surface area contributed by atoms with Gasteiger partial charge in [0.25, 0.3) is 5.91 Å². The maximum atomic E-state index is 11.3. The van der Waals surface area contributed by atoms with E-state index in [0.717, 1.165) is 5.56 Å². The predicted molar refractivity (Wildman–Crippen MR) is 69.7 cm³/mol. The number of esters is 1. The van der Waals surface area contributed by atoms with Gasteiger partial charge < -0.3 is 10.1 Å². The first-order chi connectivity index (χ1) is 8.58. The molecule has 96 valence electrons. The molecule has 0 aliphatic rings. The summed E-state index contributed by atoms with van der Waals surface area (Å²) in [6, 6.07) is 9.43. The number of carbonyl (C=O) groups excluding carboxylic acids is 2. The number of hydrogen-bond acceptors (Lipinski definition) is 3. The summed E-state index contributed by atoms with van der Waals surface area (Å²) in [5, 5.41) is 2.63. The van der Waals surface area contributed by atoms with Crippen molar-refractivity contribution >= 4 is 18.0 Å². The molecule has 1 aromatic carbocycles. The molecule has 4 heteroatoms. The third-order valence-corrected chi connectivity index (χ3v) is 2.01. The van der Waals surface area contributed by atoms with Gasteiger partial charge in [0.15, 0.2) is 6.61 Å². The molecule has 4 nitrogen and oxygen atoms in total. The van der Waals surface area contributed by atoms with Gasteiger partial charge in [-0.1, -0.05) is 30.3 Å². The van der Waals surface area contributed by atoms with Crippen LogP contribution in [-0.2, 0) is 14.3 Å². The summed E-state index contributed by atoms with van der Waals surface area (Å²) in [6.07, 6.45) is 2.95. The van der Waals surface area contributed by atoms with Crippen LogP contribution in [0.25, 0.3) is 6.08 Å². The molecule has 0 radical (unpaired) electrons. The van der Waals surface area contributed by atoms with E-state index in [1.807, 2.05) is 44.2 Å². The summed E-state index contributed by atoms with van der Waals surface area (Å²) >= 11 is 0.